The van der Waals surface area contributed by atoms with Gasteiger partial charge in [0, 0.05) is 58.4 Å². The Hall–Kier alpha value is -1.69. The Balaban J connectivity index is 1.32. The average Bonchev–Trinajstić information content (AvgIpc) is 3.40. The van der Waals surface area contributed by atoms with Gasteiger partial charge in [0.1, 0.15) is 0 Å². The van der Waals surface area contributed by atoms with Gasteiger partial charge < -0.3 is 14.8 Å². The second-order valence-electron chi connectivity index (χ2n) is 7.23. The van der Waals surface area contributed by atoms with Crippen molar-refractivity contribution in [3.8, 4) is 5.69 Å². The fourth-order valence-electron chi connectivity index (χ4n) is 3.48. The zero-order chi connectivity index (χ0) is 17.1. The highest BCUT2D eigenvalue weighted by Crippen LogP contribution is 2.39. The summed E-state index contributed by atoms with van der Waals surface area (Å²) < 4.78 is 13.2. The van der Waals surface area contributed by atoms with Gasteiger partial charge in [-0.2, -0.15) is 5.10 Å². The van der Waals surface area contributed by atoms with Crippen LogP contribution in [-0.2, 0) is 16.0 Å². The molecule has 1 aromatic heterocycles. The Morgan fingerprint density at radius 3 is 2.64 bits per heavy atom. The van der Waals surface area contributed by atoms with Crippen molar-refractivity contribution in [2.45, 2.75) is 43.7 Å². The predicted molar refractivity (Wildman–Crippen MR) is 97.0 cm³/mol. The van der Waals surface area contributed by atoms with E-state index in [4.69, 9.17) is 9.47 Å². The molecule has 4 rings (SSSR count). The van der Waals surface area contributed by atoms with Gasteiger partial charge in [-0.15, -0.1) is 0 Å². The third kappa shape index (κ3) is 3.94. The van der Waals surface area contributed by atoms with E-state index in [2.05, 4.69) is 46.9 Å². The molecule has 2 aromatic rings. The largest absolute Gasteiger partial charge is 0.381 e. The molecule has 2 aliphatic rings. The van der Waals surface area contributed by atoms with Crippen molar-refractivity contribution in [2.24, 2.45) is 0 Å². The lowest BCUT2D eigenvalue weighted by Crippen LogP contribution is -2.46. The molecule has 1 saturated carbocycles. The molecule has 2 heterocycles. The fourth-order valence-corrected chi connectivity index (χ4v) is 3.48. The summed E-state index contributed by atoms with van der Waals surface area (Å²) in [7, 11) is 1.81. The number of methoxy groups -OCH3 is 1. The van der Waals surface area contributed by atoms with Crippen LogP contribution in [0.1, 0.15) is 42.9 Å². The summed E-state index contributed by atoms with van der Waals surface area (Å²) in [4.78, 5) is 0. The Bertz CT molecular complexity index is 685. The fraction of sp³-hybridized carbons (Fsp3) is 0.550. The normalized spacial score (nSPS) is 19.9. The highest BCUT2D eigenvalue weighted by atomic mass is 16.5. The molecule has 0 spiro atoms. The Morgan fingerprint density at radius 1 is 1.20 bits per heavy atom. The van der Waals surface area contributed by atoms with Gasteiger partial charge in [-0.3, -0.25) is 0 Å². The van der Waals surface area contributed by atoms with Crippen molar-refractivity contribution in [3.63, 3.8) is 0 Å². The smallest absolute Gasteiger partial charge is 0.0846 e. The molecule has 1 aliphatic carbocycles. The second kappa shape index (κ2) is 7.28. The van der Waals surface area contributed by atoms with Crippen molar-refractivity contribution < 1.29 is 9.47 Å². The van der Waals surface area contributed by atoms with E-state index in [0.717, 1.165) is 44.8 Å². The molecule has 25 heavy (non-hydrogen) atoms. The predicted octanol–water partition coefficient (Wildman–Crippen LogP) is 3.03. The number of nitrogens with zero attached hydrogens (tertiary/aromatic N) is 2. The first-order valence-corrected chi connectivity index (χ1v) is 9.27. The topological polar surface area (TPSA) is 48.3 Å². The van der Waals surface area contributed by atoms with E-state index in [1.54, 1.807) is 0 Å². The van der Waals surface area contributed by atoms with Crippen LogP contribution in [0, 0.1) is 0 Å². The minimum atomic E-state index is -0.0769. The summed E-state index contributed by atoms with van der Waals surface area (Å²) in [6, 6.07) is 10.8. The number of ether oxygens (including phenoxy) is 2. The van der Waals surface area contributed by atoms with E-state index in [9.17, 15) is 0 Å². The van der Waals surface area contributed by atoms with Crippen LogP contribution in [-0.4, -0.2) is 42.2 Å². The number of rotatable bonds is 7. The van der Waals surface area contributed by atoms with E-state index >= 15 is 0 Å². The van der Waals surface area contributed by atoms with E-state index in [1.165, 1.54) is 24.1 Å². The lowest BCUT2D eigenvalue weighted by molar-refractivity contribution is -0.0877. The summed E-state index contributed by atoms with van der Waals surface area (Å²) in [5, 5.41) is 8.24. The molecule has 1 N–H and O–H groups in total. The Labute approximate surface area is 149 Å². The van der Waals surface area contributed by atoms with Crippen molar-refractivity contribution in [1.29, 1.82) is 0 Å². The molecule has 0 amide bonds. The molecular formula is C20H27N3O2. The van der Waals surface area contributed by atoms with Gasteiger partial charge in [-0.1, -0.05) is 12.1 Å². The summed E-state index contributed by atoms with van der Waals surface area (Å²) in [6.07, 6.45) is 6.55. The zero-order valence-corrected chi connectivity index (χ0v) is 14.9. The molecule has 0 radical (unpaired) electrons. The van der Waals surface area contributed by atoms with Crippen LogP contribution in [0.25, 0.3) is 5.69 Å². The quantitative estimate of drug-likeness (QED) is 0.841. The van der Waals surface area contributed by atoms with Crippen molar-refractivity contribution in [2.75, 3.05) is 26.9 Å². The maximum atomic E-state index is 5.77. The molecule has 0 bridgehead atoms. The summed E-state index contributed by atoms with van der Waals surface area (Å²) in [6.45, 7) is 3.28. The van der Waals surface area contributed by atoms with Crippen LogP contribution in [0.3, 0.4) is 0 Å². The third-order valence-corrected chi connectivity index (χ3v) is 5.42. The van der Waals surface area contributed by atoms with Crippen LogP contribution in [0.15, 0.2) is 36.5 Å². The molecule has 5 heteroatoms. The van der Waals surface area contributed by atoms with Gasteiger partial charge in [0.2, 0.25) is 0 Å². The van der Waals surface area contributed by atoms with Crippen LogP contribution >= 0.6 is 0 Å². The third-order valence-electron chi connectivity index (χ3n) is 5.42. The van der Waals surface area contributed by atoms with E-state index in [1.807, 2.05) is 11.8 Å². The number of hydrogen-bond donors (Lipinski definition) is 1. The Kier molecular flexibility index (Phi) is 4.88. The number of hydrogen-bond acceptors (Lipinski definition) is 4. The van der Waals surface area contributed by atoms with Crippen molar-refractivity contribution in [3.05, 3.63) is 47.8 Å². The maximum Gasteiger partial charge on any atom is 0.0846 e. The first kappa shape index (κ1) is 16.8. The second-order valence-corrected chi connectivity index (χ2v) is 7.23. The van der Waals surface area contributed by atoms with Gasteiger partial charge >= 0.3 is 0 Å². The van der Waals surface area contributed by atoms with Crippen molar-refractivity contribution >= 4 is 0 Å². The first-order chi connectivity index (χ1) is 12.3. The molecule has 5 nitrogen and oxygen atoms in total. The lowest BCUT2D eigenvalue weighted by atomic mass is 9.94. The minimum Gasteiger partial charge on any atom is -0.381 e. The average molecular weight is 341 g/mol. The monoisotopic (exact) mass is 341 g/mol. The van der Waals surface area contributed by atoms with Gasteiger partial charge in [-0.25, -0.2) is 4.68 Å². The maximum absolute atomic E-state index is 5.77. The van der Waals surface area contributed by atoms with Crippen LogP contribution < -0.4 is 5.32 Å². The molecule has 2 fully saturated rings. The lowest BCUT2D eigenvalue weighted by Gasteiger charge is -2.36. The first-order valence-electron chi connectivity index (χ1n) is 9.27. The molecule has 0 atom stereocenters. The molecular weight excluding hydrogens is 314 g/mol. The van der Waals surface area contributed by atoms with E-state index < -0.39 is 0 Å². The molecule has 1 aliphatic heterocycles. The molecule has 0 unspecified atom stereocenters. The highest BCUT2D eigenvalue weighted by Gasteiger charge is 2.31. The number of benzene rings is 1. The van der Waals surface area contributed by atoms with Gasteiger partial charge in [0.05, 0.1) is 17.0 Å². The SMILES string of the molecule is COC1(CNCc2ccc(-n3ccc(C4CC4)n3)cc2)CCOCC1. The Morgan fingerprint density at radius 2 is 1.96 bits per heavy atom. The molecule has 1 aromatic carbocycles. The van der Waals surface area contributed by atoms with Gasteiger partial charge in [-0.05, 0) is 36.6 Å². The van der Waals surface area contributed by atoms with Crippen LogP contribution in [0.5, 0.6) is 0 Å². The van der Waals surface area contributed by atoms with Crippen molar-refractivity contribution in [1.82, 2.24) is 15.1 Å². The van der Waals surface area contributed by atoms with E-state index in [0.29, 0.717) is 5.92 Å². The summed E-state index contributed by atoms with van der Waals surface area (Å²) >= 11 is 0. The highest BCUT2D eigenvalue weighted by molar-refractivity contribution is 5.34. The van der Waals surface area contributed by atoms with Crippen LogP contribution in [0.4, 0.5) is 0 Å². The van der Waals surface area contributed by atoms with Crippen LogP contribution in [0.2, 0.25) is 0 Å². The summed E-state index contributed by atoms with van der Waals surface area (Å²) in [5.74, 6) is 0.697. The van der Waals surface area contributed by atoms with Gasteiger partial charge in [0.25, 0.3) is 0 Å². The number of aromatic nitrogens is 2. The molecule has 134 valence electrons. The summed E-state index contributed by atoms with van der Waals surface area (Å²) in [5.41, 5.74) is 3.55. The minimum absolute atomic E-state index is 0.0769. The molecule has 1 saturated heterocycles. The standard InChI is InChI=1S/C20H27N3O2/c1-24-20(9-12-25-13-10-20)15-21-14-16-2-6-18(7-3-16)23-11-8-19(22-23)17-4-5-17/h2-3,6-8,11,17,21H,4-5,9-10,12-15H2,1H3. The van der Waals surface area contributed by atoms with E-state index in [-0.39, 0.29) is 5.60 Å². The number of nitrogens with one attached hydrogen (secondary N) is 1. The zero-order valence-electron chi connectivity index (χ0n) is 14.9. The van der Waals surface area contributed by atoms with Gasteiger partial charge in [0.15, 0.2) is 0 Å².